The van der Waals surface area contributed by atoms with E-state index in [1.54, 1.807) is 4.68 Å². The highest BCUT2D eigenvalue weighted by Crippen LogP contribution is 2.35. The van der Waals surface area contributed by atoms with Gasteiger partial charge in [-0.3, -0.25) is 14.7 Å². The predicted molar refractivity (Wildman–Crippen MR) is 126 cm³/mol. The number of piperidine rings is 2. The summed E-state index contributed by atoms with van der Waals surface area (Å²) in [7, 11) is 1.90. The van der Waals surface area contributed by atoms with Crippen molar-refractivity contribution in [3.05, 3.63) is 30.1 Å². The Labute approximate surface area is 193 Å². The van der Waals surface area contributed by atoms with Crippen molar-refractivity contribution < 1.29 is 0 Å². The van der Waals surface area contributed by atoms with Crippen molar-refractivity contribution >= 4 is 17.6 Å². The largest absolute Gasteiger partial charge is 0.351 e. The number of aryl methyl sites for hydroxylation is 2. The monoisotopic (exact) mass is 446 g/mol. The second-order valence-corrected chi connectivity index (χ2v) is 9.10. The van der Waals surface area contributed by atoms with Crippen molar-refractivity contribution in [1.29, 1.82) is 5.26 Å². The highest BCUT2D eigenvalue weighted by Gasteiger charge is 2.38. The highest BCUT2D eigenvalue weighted by molar-refractivity contribution is 5.64. The van der Waals surface area contributed by atoms with Gasteiger partial charge in [0.1, 0.15) is 11.5 Å². The number of aromatic amines is 1. The van der Waals surface area contributed by atoms with Crippen LogP contribution >= 0.6 is 0 Å². The van der Waals surface area contributed by atoms with Gasteiger partial charge in [-0.25, -0.2) is 4.98 Å². The normalized spacial score (nSPS) is 22.6. The topological polar surface area (TPSA) is 123 Å². The van der Waals surface area contributed by atoms with Crippen LogP contribution in [0.3, 0.4) is 0 Å². The van der Waals surface area contributed by atoms with E-state index >= 15 is 0 Å². The van der Waals surface area contributed by atoms with E-state index in [2.05, 4.69) is 36.9 Å². The van der Waals surface area contributed by atoms with Crippen LogP contribution in [0.1, 0.15) is 44.2 Å². The van der Waals surface area contributed by atoms with Gasteiger partial charge in [-0.1, -0.05) is 6.42 Å². The van der Waals surface area contributed by atoms with E-state index in [1.165, 1.54) is 19.3 Å². The van der Waals surface area contributed by atoms with E-state index < -0.39 is 0 Å². The third-order valence-electron chi connectivity index (χ3n) is 6.61. The third kappa shape index (κ3) is 4.83. The molecule has 172 valence electrons. The van der Waals surface area contributed by atoms with E-state index in [1.807, 2.05) is 38.4 Å². The molecule has 3 atom stereocenters. The van der Waals surface area contributed by atoms with Crippen molar-refractivity contribution in [3.63, 3.8) is 0 Å². The van der Waals surface area contributed by atoms with Crippen LogP contribution in [0, 0.1) is 18.3 Å². The lowest BCUT2D eigenvalue weighted by Gasteiger charge is -2.48. The number of aromatic nitrogens is 6. The molecule has 5 rings (SSSR count). The minimum atomic E-state index is 0.304. The molecule has 3 aromatic heterocycles. The first-order valence-electron chi connectivity index (χ1n) is 11.6. The van der Waals surface area contributed by atoms with Gasteiger partial charge in [0.25, 0.3) is 0 Å². The quantitative estimate of drug-likeness (QED) is 0.505. The van der Waals surface area contributed by atoms with Crippen LogP contribution < -0.4 is 10.6 Å². The van der Waals surface area contributed by atoms with Gasteiger partial charge in [0.05, 0.1) is 11.8 Å². The first-order valence-corrected chi connectivity index (χ1v) is 11.6. The van der Waals surface area contributed by atoms with Gasteiger partial charge in [-0.05, 0) is 38.7 Å². The molecular weight excluding hydrogens is 416 g/mol. The summed E-state index contributed by atoms with van der Waals surface area (Å²) in [6, 6.07) is 9.44. The number of rotatable bonds is 7. The van der Waals surface area contributed by atoms with Crippen molar-refractivity contribution in [3.8, 4) is 17.5 Å². The molecule has 0 unspecified atom stereocenters. The molecule has 10 nitrogen and oxygen atoms in total. The van der Waals surface area contributed by atoms with Gasteiger partial charge in [0, 0.05) is 62.2 Å². The summed E-state index contributed by atoms with van der Waals surface area (Å²) >= 11 is 0. The number of hydrogen-bond acceptors (Lipinski definition) is 8. The Hall–Kier alpha value is -3.45. The fourth-order valence-electron chi connectivity index (χ4n) is 5.20. The first-order chi connectivity index (χ1) is 16.1. The van der Waals surface area contributed by atoms with Crippen molar-refractivity contribution in [2.75, 3.05) is 17.2 Å². The lowest BCUT2D eigenvalue weighted by Crippen LogP contribution is -2.55. The van der Waals surface area contributed by atoms with Crippen LogP contribution in [-0.4, -0.2) is 59.5 Å². The molecule has 0 radical (unpaired) electrons. The number of nitrogens with zero attached hydrogens (tertiary/aromatic N) is 7. The Morgan fingerprint density at radius 3 is 2.64 bits per heavy atom. The van der Waals surface area contributed by atoms with Crippen LogP contribution in [0.2, 0.25) is 0 Å². The molecule has 0 amide bonds. The molecule has 2 aliphatic rings. The van der Waals surface area contributed by atoms with E-state index in [0.717, 1.165) is 36.5 Å². The predicted octanol–water partition coefficient (Wildman–Crippen LogP) is 3.36. The van der Waals surface area contributed by atoms with Gasteiger partial charge in [-0.2, -0.15) is 20.4 Å². The molecule has 5 heterocycles. The van der Waals surface area contributed by atoms with Gasteiger partial charge in [0.15, 0.2) is 5.82 Å². The zero-order chi connectivity index (χ0) is 22.8. The van der Waals surface area contributed by atoms with Crippen LogP contribution in [0.25, 0.3) is 11.4 Å². The molecule has 0 aromatic carbocycles. The summed E-state index contributed by atoms with van der Waals surface area (Å²) in [5.41, 5.74) is 2.53. The number of nitrogens with one attached hydrogen (secondary N) is 3. The smallest absolute Gasteiger partial charge is 0.225 e. The van der Waals surface area contributed by atoms with Crippen LogP contribution in [-0.2, 0) is 7.05 Å². The first kappa shape index (κ1) is 21.4. The molecule has 0 saturated carbocycles. The lowest BCUT2D eigenvalue weighted by molar-refractivity contribution is 0.0369. The molecule has 33 heavy (non-hydrogen) atoms. The molecule has 3 N–H and O–H groups in total. The van der Waals surface area contributed by atoms with Crippen LogP contribution in [0.4, 0.5) is 17.6 Å². The lowest BCUT2D eigenvalue weighted by atomic mass is 9.81. The third-order valence-corrected chi connectivity index (χ3v) is 6.61. The van der Waals surface area contributed by atoms with Gasteiger partial charge >= 0.3 is 0 Å². The summed E-state index contributed by atoms with van der Waals surface area (Å²) in [5, 5.41) is 27.7. The molecule has 10 heteroatoms. The van der Waals surface area contributed by atoms with E-state index in [0.29, 0.717) is 42.1 Å². The number of anilines is 3. The van der Waals surface area contributed by atoms with Crippen molar-refractivity contribution in [1.82, 2.24) is 34.8 Å². The fourth-order valence-corrected chi connectivity index (χ4v) is 5.20. The maximum absolute atomic E-state index is 9.04. The Morgan fingerprint density at radius 1 is 1.15 bits per heavy atom. The van der Waals surface area contributed by atoms with Crippen molar-refractivity contribution in [2.24, 2.45) is 7.05 Å². The summed E-state index contributed by atoms with van der Waals surface area (Å²) in [6.07, 6.45) is 8.25. The Balaban J connectivity index is 1.38. The molecule has 2 fully saturated rings. The van der Waals surface area contributed by atoms with Crippen LogP contribution in [0.5, 0.6) is 0 Å². The molecule has 3 aromatic rings. The summed E-state index contributed by atoms with van der Waals surface area (Å²) in [5.74, 6) is 1.98. The highest BCUT2D eigenvalue weighted by atomic mass is 15.3. The standard InChI is InChI=1S/C23H30N10/c1-15-11-22(30-29-15)27-21-14-20(19-7-10-32(2)31-19)26-23(28-21)25-16-12-17-5-3-6-18(13-16)33(17)9-4-8-24/h7,10-11,14,16-18H,3-6,9,12-13H2,1-2H3,(H3,25,26,27,28,29,30)/t16-,17-,18+. The molecule has 2 bridgehead atoms. The summed E-state index contributed by atoms with van der Waals surface area (Å²) < 4.78 is 1.77. The number of nitriles is 1. The maximum atomic E-state index is 9.04. The number of H-pyrrole nitrogens is 1. The SMILES string of the molecule is Cc1cc(Nc2cc(-c3ccn(C)n3)nc(N[C@@H]3C[C@H]4CCC[C@@H](C3)N4CCC#N)n2)n[nH]1. The average molecular weight is 447 g/mol. The Morgan fingerprint density at radius 2 is 1.97 bits per heavy atom. The zero-order valence-corrected chi connectivity index (χ0v) is 19.1. The number of hydrogen-bond donors (Lipinski definition) is 3. The molecular formula is C23H30N10. The Bertz CT molecular complexity index is 1130. The minimum Gasteiger partial charge on any atom is -0.351 e. The number of fused-ring (bicyclic) bond motifs is 2. The summed E-state index contributed by atoms with van der Waals surface area (Å²) in [4.78, 5) is 12.1. The van der Waals surface area contributed by atoms with Gasteiger partial charge in [-0.15, -0.1) is 0 Å². The minimum absolute atomic E-state index is 0.304. The fraction of sp³-hybridized carbons (Fsp3) is 0.522. The summed E-state index contributed by atoms with van der Waals surface area (Å²) in [6.45, 7) is 2.84. The van der Waals surface area contributed by atoms with Gasteiger partial charge < -0.3 is 10.6 Å². The molecule has 0 aliphatic carbocycles. The van der Waals surface area contributed by atoms with Crippen LogP contribution in [0.15, 0.2) is 24.4 Å². The maximum Gasteiger partial charge on any atom is 0.225 e. The van der Waals surface area contributed by atoms with E-state index in [9.17, 15) is 0 Å². The second kappa shape index (κ2) is 9.19. The zero-order valence-electron chi connectivity index (χ0n) is 19.1. The Kier molecular flexibility index (Phi) is 5.96. The molecule has 2 saturated heterocycles. The van der Waals surface area contributed by atoms with Gasteiger partial charge in [0.2, 0.25) is 5.95 Å². The van der Waals surface area contributed by atoms with Crippen molar-refractivity contribution in [2.45, 2.75) is 63.6 Å². The van der Waals surface area contributed by atoms with E-state index in [-0.39, 0.29) is 0 Å². The molecule has 0 spiro atoms. The second-order valence-electron chi connectivity index (χ2n) is 9.10. The molecule has 2 aliphatic heterocycles. The van der Waals surface area contributed by atoms with E-state index in [4.69, 9.17) is 15.2 Å². The average Bonchev–Trinajstić information content (AvgIpc) is 3.40.